The second-order valence-electron chi connectivity index (χ2n) is 3.40. The van der Waals surface area contributed by atoms with E-state index in [-0.39, 0.29) is 11.4 Å². The van der Waals surface area contributed by atoms with Gasteiger partial charge in [0.2, 0.25) is 0 Å². The number of ether oxygens (including phenoxy) is 2. The smallest absolute Gasteiger partial charge is 0.307 e. The molecule has 1 heterocycles. The number of carbonyl (C=O) groups excluding carboxylic acids is 1. The maximum atomic E-state index is 10.9. The molecule has 0 unspecified atom stereocenters. The van der Waals surface area contributed by atoms with Gasteiger partial charge < -0.3 is 9.47 Å². The van der Waals surface area contributed by atoms with E-state index < -0.39 is 0 Å². The van der Waals surface area contributed by atoms with Crippen LogP contribution in [0.4, 0.5) is 0 Å². The summed E-state index contributed by atoms with van der Waals surface area (Å²) in [6.07, 6.45) is 0.290. The number of rotatable bonds is 4. The van der Waals surface area contributed by atoms with Crippen molar-refractivity contribution in [2.24, 2.45) is 5.41 Å². The number of halogens is 1. The van der Waals surface area contributed by atoms with Crippen LogP contribution < -0.4 is 0 Å². The van der Waals surface area contributed by atoms with E-state index in [1.54, 1.807) is 0 Å². The maximum Gasteiger partial charge on any atom is 0.307 e. The molecule has 0 aromatic rings. The fourth-order valence-electron chi connectivity index (χ4n) is 0.938. The molecule has 1 aliphatic heterocycles. The summed E-state index contributed by atoms with van der Waals surface area (Å²) in [4.78, 5) is 10.9. The Balaban J connectivity index is 2.12. The Morgan fingerprint density at radius 2 is 2.33 bits per heavy atom. The molecule has 4 heteroatoms. The fraction of sp³-hybridized carbons (Fsp3) is 0.875. The molecular weight excluding hydrogens is 180 g/mol. The molecule has 0 amide bonds. The normalized spacial score (nSPS) is 19.8. The van der Waals surface area contributed by atoms with Gasteiger partial charge in [-0.1, -0.05) is 6.92 Å². The topological polar surface area (TPSA) is 35.5 Å². The molecule has 12 heavy (non-hydrogen) atoms. The highest BCUT2D eigenvalue weighted by molar-refractivity contribution is 6.18. The predicted molar refractivity (Wildman–Crippen MR) is 45.2 cm³/mol. The van der Waals surface area contributed by atoms with Gasteiger partial charge in [0.1, 0.15) is 6.61 Å². The van der Waals surface area contributed by atoms with Crippen LogP contribution in [0.2, 0.25) is 0 Å². The summed E-state index contributed by atoms with van der Waals surface area (Å²) in [6, 6.07) is 0. The average molecular weight is 193 g/mol. The van der Waals surface area contributed by atoms with Crippen molar-refractivity contribution in [1.29, 1.82) is 0 Å². The molecule has 3 nitrogen and oxygen atoms in total. The second-order valence-corrected chi connectivity index (χ2v) is 3.78. The highest BCUT2D eigenvalue weighted by Gasteiger charge is 2.34. The van der Waals surface area contributed by atoms with Crippen LogP contribution in [0.5, 0.6) is 0 Å². The average Bonchev–Trinajstić information content (AvgIpc) is 1.98. The zero-order chi connectivity index (χ0) is 9.03. The van der Waals surface area contributed by atoms with E-state index in [0.717, 1.165) is 0 Å². The van der Waals surface area contributed by atoms with E-state index in [9.17, 15) is 4.79 Å². The quantitative estimate of drug-likeness (QED) is 0.496. The Morgan fingerprint density at radius 3 is 2.75 bits per heavy atom. The number of alkyl halides is 1. The molecule has 0 aromatic carbocycles. The van der Waals surface area contributed by atoms with Crippen LogP contribution in [-0.4, -0.2) is 31.7 Å². The number of hydrogen-bond acceptors (Lipinski definition) is 3. The van der Waals surface area contributed by atoms with E-state index in [1.165, 1.54) is 0 Å². The second kappa shape index (κ2) is 4.10. The maximum absolute atomic E-state index is 10.9. The first kappa shape index (κ1) is 9.81. The summed E-state index contributed by atoms with van der Waals surface area (Å²) in [5.74, 6) is 0.101. The SMILES string of the molecule is CC1(COC(=O)CCCl)COC1. The van der Waals surface area contributed by atoms with Crippen molar-refractivity contribution in [3.05, 3.63) is 0 Å². The molecule has 0 aromatic heterocycles. The van der Waals surface area contributed by atoms with Gasteiger partial charge in [-0.2, -0.15) is 0 Å². The van der Waals surface area contributed by atoms with Gasteiger partial charge in [0.25, 0.3) is 0 Å². The summed E-state index contributed by atoms with van der Waals surface area (Å²) in [5.41, 5.74) is 0.0436. The van der Waals surface area contributed by atoms with Gasteiger partial charge in [0.05, 0.1) is 19.6 Å². The Hall–Kier alpha value is -0.280. The zero-order valence-corrected chi connectivity index (χ0v) is 7.89. The van der Waals surface area contributed by atoms with Gasteiger partial charge >= 0.3 is 5.97 Å². The minimum absolute atomic E-state index is 0.0436. The van der Waals surface area contributed by atoms with Crippen molar-refractivity contribution >= 4 is 17.6 Å². The molecule has 0 N–H and O–H groups in total. The van der Waals surface area contributed by atoms with E-state index in [0.29, 0.717) is 32.1 Å². The first-order chi connectivity index (χ1) is 5.66. The van der Waals surface area contributed by atoms with Crippen LogP contribution in [0.15, 0.2) is 0 Å². The third-order valence-electron chi connectivity index (χ3n) is 1.78. The molecule has 0 spiro atoms. The van der Waals surface area contributed by atoms with E-state index in [2.05, 4.69) is 0 Å². The fourth-order valence-corrected chi connectivity index (χ4v) is 1.09. The monoisotopic (exact) mass is 192 g/mol. The molecule has 0 bridgehead atoms. The molecule has 1 rings (SSSR count). The van der Waals surface area contributed by atoms with Crippen molar-refractivity contribution in [3.8, 4) is 0 Å². The van der Waals surface area contributed by atoms with E-state index >= 15 is 0 Å². The Labute approximate surface area is 77.0 Å². The lowest BCUT2D eigenvalue weighted by Crippen LogP contribution is -2.44. The summed E-state index contributed by atoms with van der Waals surface area (Å²) in [6.45, 7) is 3.84. The minimum atomic E-state index is -0.224. The van der Waals surface area contributed by atoms with Gasteiger partial charge in [0.15, 0.2) is 0 Å². The summed E-state index contributed by atoms with van der Waals surface area (Å²) >= 11 is 5.37. The molecule has 1 fully saturated rings. The predicted octanol–water partition coefficient (Wildman–Crippen LogP) is 1.20. The summed E-state index contributed by atoms with van der Waals surface area (Å²) in [7, 11) is 0. The number of hydrogen-bond donors (Lipinski definition) is 0. The Bertz CT molecular complexity index is 166. The van der Waals surface area contributed by atoms with Crippen molar-refractivity contribution in [2.45, 2.75) is 13.3 Å². The molecule has 0 aliphatic carbocycles. The molecule has 0 saturated carbocycles. The highest BCUT2D eigenvalue weighted by atomic mass is 35.5. The van der Waals surface area contributed by atoms with Crippen molar-refractivity contribution in [2.75, 3.05) is 25.7 Å². The van der Waals surface area contributed by atoms with Gasteiger partial charge in [-0.15, -0.1) is 11.6 Å². The minimum Gasteiger partial charge on any atom is -0.465 e. The zero-order valence-electron chi connectivity index (χ0n) is 7.14. The molecule has 1 aliphatic rings. The van der Waals surface area contributed by atoms with Crippen LogP contribution in [0.25, 0.3) is 0 Å². The van der Waals surface area contributed by atoms with Crippen LogP contribution in [-0.2, 0) is 14.3 Å². The third kappa shape index (κ3) is 2.64. The molecule has 1 saturated heterocycles. The molecular formula is C8H13ClO3. The standard InChI is InChI=1S/C8H13ClO3/c1-8(4-11-5-8)6-12-7(10)2-3-9/h2-6H2,1H3. The molecule has 0 atom stereocenters. The lowest BCUT2D eigenvalue weighted by molar-refractivity contribution is -0.164. The van der Waals surface area contributed by atoms with Crippen LogP contribution in [0, 0.1) is 5.41 Å². The van der Waals surface area contributed by atoms with Gasteiger partial charge in [0, 0.05) is 11.3 Å². The van der Waals surface area contributed by atoms with Gasteiger partial charge in [-0.3, -0.25) is 4.79 Å². The summed E-state index contributed by atoms with van der Waals surface area (Å²) in [5, 5.41) is 0. The Kier molecular flexibility index (Phi) is 3.35. The van der Waals surface area contributed by atoms with Crippen molar-refractivity contribution < 1.29 is 14.3 Å². The Morgan fingerprint density at radius 1 is 1.67 bits per heavy atom. The van der Waals surface area contributed by atoms with Crippen LogP contribution in [0.3, 0.4) is 0 Å². The lowest BCUT2D eigenvalue weighted by atomic mass is 9.90. The van der Waals surface area contributed by atoms with Crippen molar-refractivity contribution in [1.82, 2.24) is 0 Å². The van der Waals surface area contributed by atoms with E-state index in [1.807, 2.05) is 6.92 Å². The summed E-state index contributed by atoms with van der Waals surface area (Å²) < 4.78 is 10.00. The van der Waals surface area contributed by atoms with Gasteiger partial charge in [-0.05, 0) is 0 Å². The largest absolute Gasteiger partial charge is 0.465 e. The third-order valence-corrected chi connectivity index (χ3v) is 1.97. The molecule has 70 valence electrons. The molecule has 0 radical (unpaired) electrons. The first-order valence-corrected chi connectivity index (χ1v) is 4.49. The lowest BCUT2D eigenvalue weighted by Gasteiger charge is -2.37. The van der Waals surface area contributed by atoms with Crippen LogP contribution >= 0.6 is 11.6 Å². The van der Waals surface area contributed by atoms with E-state index in [4.69, 9.17) is 21.1 Å². The highest BCUT2D eigenvalue weighted by Crippen LogP contribution is 2.26. The number of carbonyl (C=O) groups is 1. The van der Waals surface area contributed by atoms with Crippen LogP contribution in [0.1, 0.15) is 13.3 Å². The number of esters is 1. The van der Waals surface area contributed by atoms with Gasteiger partial charge in [-0.25, -0.2) is 0 Å². The van der Waals surface area contributed by atoms with Crippen molar-refractivity contribution in [3.63, 3.8) is 0 Å². The first-order valence-electron chi connectivity index (χ1n) is 3.96.